The van der Waals surface area contributed by atoms with Crippen molar-refractivity contribution in [1.82, 2.24) is 10.2 Å². The molecule has 0 spiro atoms. The zero-order valence-electron chi connectivity index (χ0n) is 13.5. The lowest BCUT2D eigenvalue weighted by atomic mass is 10.2. The molecule has 1 aromatic carbocycles. The number of piperazine rings is 1. The third kappa shape index (κ3) is 3.94. The van der Waals surface area contributed by atoms with Crippen LogP contribution in [0.3, 0.4) is 0 Å². The van der Waals surface area contributed by atoms with Crippen molar-refractivity contribution in [3.05, 3.63) is 48.4 Å². The Morgan fingerprint density at radius 2 is 1.75 bits per heavy atom. The summed E-state index contributed by atoms with van der Waals surface area (Å²) in [6, 6.07) is 10.1. The summed E-state index contributed by atoms with van der Waals surface area (Å²) in [5, 5.41) is 4.85. The maximum absolute atomic E-state index is 11.8. The van der Waals surface area contributed by atoms with E-state index in [1.54, 1.807) is 6.07 Å². The van der Waals surface area contributed by atoms with Gasteiger partial charge in [-0.25, -0.2) is 4.79 Å². The van der Waals surface area contributed by atoms with Gasteiger partial charge in [0, 0.05) is 37.6 Å². The number of anilines is 2. The molecule has 1 aromatic heterocycles. The van der Waals surface area contributed by atoms with Gasteiger partial charge in [0.15, 0.2) is 5.76 Å². The molecule has 0 atom stereocenters. The van der Waals surface area contributed by atoms with Crippen LogP contribution in [0.5, 0.6) is 0 Å². The van der Waals surface area contributed by atoms with E-state index in [2.05, 4.69) is 27.5 Å². The predicted octanol–water partition coefficient (Wildman–Crippen LogP) is 1.99. The Balaban J connectivity index is 1.54. The molecule has 2 N–H and O–H groups in total. The molecule has 0 bridgehead atoms. The van der Waals surface area contributed by atoms with E-state index in [4.69, 9.17) is 4.42 Å². The molecular weight excluding hydrogens is 308 g/mol. The van der Waals surface area contributed by atoms with Crippen LogP contribution in [0.4, 0.5) is 16.2 Å². The second-order valence-electron chi connectivity index (χ2n) is 5.72. The molecule has 2 aromatic rings. The van der Waals surface area contributed by atoms with Crippen molar-refractivity contribution in [2.45, 2.75) is 0 Å². The van der Waals surface area contributed by atoms with Crippen molar-refractivity contribution in [1.29, 1.82) is 0 Å². The molecule has 3 rings (SSSR count). The summed E-state index contributed by atoms with van der Waals surface area (Å²) in [4.78, 5) is 28.2. The molecule has 1 aliphatic heterocycles. The van der Waals surface area contributed by atoms with Gasteiger partial charge in [0.05, 0.1) is 6.26 Å². The fourth-order valence-electron chi connectivity index (χ4n) is 2.56. The van der Waals surface area contributed by atoms with E-state index >= 15 is 0 Å². The van der Waals surface area contributed by atoms with Crippen molar-refractivity contribution in [3.8, 4) is 0 Å². The van der Waals surface area contributed by atoms with Crippen molar-refractivity contribution >= 4 is 23.3 Å². The Kier molecular flexibility index (Phi) is 4.81. The van der Waals surface area contributed by atoms with Gasteiger partial charge < -0.3 is 19.5 Å². The first-order valence-corrected chi connectivity index (χ1v) is 7.81. The number of carbonyl (C=O) groups is 2. The van der Waals surface area contributed by atoms with Crippen LogP contribution in [0.2, 0.25) is 0 Å². The number of carbonyl (C=O) groups excluding carboxylic acids is 2. The number of urea groups is 1. The van der Waals surface area contributed by atoms with Crippen LogP contribution in [0.1, 0.15) is 10.6 Å². The number of furan rings is 1. The number of rotatable bonds is 3. The van der Waals surface area contributed by atoms with Gasteiger partial charge in [0.1, 0.15) is 0 Å². The zero-order valence-corrected chi connectivity index (χ0v) is 13.5. The highest BCUT2D eigenvalue weighted by Gasteiger charge is 2.15. The van der Waals surface area contributed by atoms with Crippen LogP contribution in [0.15, 0.2) is 47.1 Å². The van der Waals surface area contributed by atoms with Gasteiger partial charge in [-0.2, -0.15) is 0 Å². The monoisotopic (exact) mass is 328 g/mol. The molecule has 7 nitrogen and oxygen atoms in total. The molecule has 126 valence electrons. The maximum atomic E-state index is 11.8. The highest BCUT2D eigenvalue weighted by Crippen LogP contribution is 2.19. The smallest absolute Gasteiger partial charge is 0.326 e. The zero-order chi connectivity index (χ0) is 16.9. The highest BCUT2D eigenvalue weighted by molar-refractivity contribution is 6.06. The maximum Gasteiger partial charge on any atom is 0.326 e. The van der Waals surface area contributed by atoms with E-state index in [0.29, 0.717) is 5.69 Å². The minimum atomic E-state index is -0.594. The van der Waals surface area contributed by atoms with Crippen LogP contribution < -0.4 is 15.5 Å². The van der Waals surface area contributed by atoms with Gasteiger partial charge in [-0.15, -0.1) is 0 Å². The summed E-state index contributed by atoms with van der Waals surface area (Å²) in [5.41, 5.74) is 1.75. The number of nitrogens with one attached hydrogen (secondary N) is 2. The summed E-state index contributed by atoms with van der Waals surface area (Å²) in [6.07, 6.45) is 1.38. The first kappa shape index (κ1) is 16.1. The molecule has 3 amide bonds. The average molecular weight is 328 g/mol. The predicted molar refractivity (Wildman–Crippen MR) is 91.3 cm³/mol. The Hall–Kier alpha value is -2.80. The molecule has 2 heterocycles. The Bertz CT molecular complexity index is 689. The van der Waals surface area contributed by atoms with E-state index in [0.717, 1.165) is 31.9 Å². The standard InChI is InChI=1S/C17H20N4O3/c1-20-8-10-21(11-9-20)14-6-4-13(5-7-14)18-17(23)19-16(22)15-3-2-12-24-15/h2-7,12H,8-11H2,1H3,(H2,18,19,22,23). The molecule has 0 unspecified atom stereocenters. The van der Waals surface area contributed by atoms with Crippen LogP contribution in [0, 0.1) is 0 Å². The summed E-state index contributed by atoms with van der Waals surface area (Å²) >= 11 is 0. The van der Waals surface area contributed by atoms with Gasteiger partial charge in [0.2, 0.25) is 0 Å². The molecule has 1 aliphatic rings. The van der Waals surface area contributed by atoms with E-state index < -0.39 is 11.9 Å². The normalized spacial score (nSPS) is 15.1. The molecule has 0 aliphatic carbocycles. The summed E-state index contributed by atoms with van der Waals surface area (Å²) in [5.74, 6) is -0.484. The van der Waals surface area contributed by atoms with Gasteiger partial charge in [0.25, 0.3) is 5.91 Å². The molecule has 24 heavy (non-hydrogen) atoms. The number of amides is 3. The van der Waals surface area contributed by atoms with Gasteiger partial charge >= 0.3 is 6.03 Å². The largest absolute Gasteiger partial charge is 0.459 e. The van der Waals surface area contributed by atoms with Gasteiger partial charge in [-0.3, -0.25) is 10.1 Å². The quantitative estimate of drug-likeness (QED) is 0.901. The van der Waals surface area contributed by atoms with Crippen molar-refractivity contribution in [2.75, 3.05) is 43.4 Å². The number of hydrogen-bond acceptors (Lipinski definition) is 5. The molecule has 0 radical (unpaired) electrons. The highest BCUT2D eigenvalue weighted by atomic mass is 16.3. The molecular formula is C17H20N4O3. The summed E-state index contributed by atoms with van der Waals surface area (Å²) in [7, 11) is 2.12. The lowest BCUT2D eigenvalue weighted by Crippen LogP contribution is -2.44. The minimum Gasteiger partial charge on any atom is -0.459 e. The van der Waals surface area contributed by atoms with Crippen molar-refractivity contribution in [2.24, 2.45) is 0 Å². The van der Waals surface area contributed by atoms with Gasteiger partial charge in [-0.1, -0.05) is 0 Å². The van der Waals surface area contributed by atoms with Crippen molar-refractivity contribution < 1.29 is 14.0 Å². The second kappa shape index (κ2) is 7.18. The first-order valence-electron chi connectivity index (χ1n) is 7.81. The number of nitrogens with zero attached hydrogens (tertiary/aromatic N) is 2. The fourth-order valence-corrected chi connectivity index (χ4v) is 2.56. The number of imide groups is 1. The summed E-state index contributed by atoms with van der Waals surface area (Å²) < 4.78 is 4.94. The lowest BCUT2D eigenvalue weighted by molar-refractivity contribution is 0.0940. The van der Waals surface area contributed by atoms with Crippen LogP contribution in [-0.2, 0) is 0 Å². The van der Waals surface area contributed by atoms with Crippen molar-refractivity contribution in [3.63, 3.8) is 0 Å². The summed E-state index contributed by atoms with van der Waals surface area (Å²) in [6.45, 7) is 4.05. The van der Waals surface area contributed by atoms with E-state index in [9.17, 15) is 9.59 Å². The SMILES string of the molecule is CN1CCN(c2ccc(NC(=O)NC(=O)c3ccco3)cc2)CC1. The average Bonchev–Trinajstić information content (AvgIpc) is 3.11. The Morgan fingerprint density at radius 1 is 1.04 bits per heavy atom. The van der Waals surface area contributed by atoms with Gasteiger partial charge in [-0.05, 0) is 43.4 Å². The molecule has 7 heteroatoms. The van der Waals surface area contributed by atoms with E-state index in [1.807, 2.05) is 24.3 Å². The molecule has 1 saturated heterocycles. The lowest BCUT2D eigenvalue weighted by Gasteiger charge is -2.34. The Morgan fingerprint density at radius 3 is 2.38 bits per heavy atom. The number of hydrogen-bond donors (Lipinski definition) is 2. The van der Waals surface area contributed by atoms with Crippen LogP contribution in [0.25, 0.3) is 0 Å². The first-order chi connectivity index (χ1) is 11.6. The van der Waals surface area contributed by atoms with E-state index in [1.165, 1.54) is 12.3 Å². The number of benzene rings is 1. The Labute approximate surface area is 140 Å². The van der Waals surface area contributed by atoms with Crippen LogP contribution >= 0.6 is 0 Å². The topological polar surface area (TPSA) is 77.8 Å². The van der Waals surface area contributed by atoms with Crippen LogP contribution in [-0.4, -0.2) is 50.1 Å². The second-order valence-corrected chi connectivity index (χ2v) is 5.72. The molecule has 0 saturated carbocycles. The third-order valence-electron chi connectivity index (χ3n) is 3.97. The van der Waals surface area contributed by atoms with E-state index in [-0.39, 0.29) is 5.76 Å². The minimum absolute atomic E-state index is 0.0931. The molecule has 1 fully saturated rings. The fraction of sp³-hybridized carbons (Fsp3) is 0.294. The number of likely N-dealkylation sites (N-methyl/N-ethyl adjacent to an activating group) is 1. The third-order valence-corrected chi connectivity index (χ3v) is 3.97.